The van der Waals surface area contributed by atoms with Crippen LogP contribution in [0.3, 0.4) is 0 Å². The number of carbonyl (C=O) groups is 1. The minimum Gasteiger partial charge on any atom is -0.493 e. The molecule has 0 aliphatic heterocycles. The third-order valence-electron chi connectivity index (χ3n) is 4.07. The zero-order chi connectivity index (χ0) is 19.1. The summed E-state index contributed by atoms with van der Waals surface area (Å²) in [4.78, 5) is 16.2. The minimum absolute atomic E-state index is 0.0284. The molecule has 3 rings (SSSR count). The van der Waals surface area contributed by atoms with E-state index in [4.69, 9.17) is 20.3 Å². The van der Waals surface area contributed by atoms with Crippen molar-refractivity contribution in [1.29, 1.82) is 0 Å². The number of hydrogen-bond donors (Lipinski definition) is 1. The number of fused-ring (bicyclic) bond motifs is 1. The maximum absolute atomic E-state index is 12.1. The molecule has 1 N–H and O–H groups in total. The van der Waals surface area contributed by atoms with Gasteiger partial charge in [0.15, 0.2) is 23.5 Å². The second kappa shape index (κ2) is 8.77. The van der Waals surface area contributed by atoms with Gasteiger partial charge in [0.2, 0.25) is 5.91 Å². The molecule has 138 valence electrons. The molecule has 0 spiro atoms. The molecule has 0 radical (unpaired) electrons. The highest BCUT2D eigenvalue weighted by Crippen LogP contribution is 2.28. The van der Waals surface area contributed by atoms with Gasteiger partial charge in [-0.25, -0.2) is 4.98 Å². The van der Waals surface area contributed by atoms with Crippen LogP contribution in [0.2, 0.25) is 0 Å². The number of oxazole rings is 1. The zero-order valence-electron chi connectivity index (χ0n) is 15.0. The van der Waals surface area contributed by atoms with Crippen LogP contribution in [-0.4, -0.2) is 24.6 Å². The minimum atomic E-state index is -0.0284. The quantitative estimate of drug-likeness (QED) is 0.622. The van der Waals surface area contributed by atoms with Gasteiger partial charge in [0.1, 0.15) is 12.1 Å². The van der Waals surface area contributed by atoms with Gasteiger partial charge >= 0.3 is 0 Å². The van der Waals surface area contributed by atoms with Crippen LogP contribution in [0.15, 0.2) is 47.2 Å². The van der Waals surface area contributed by atoms with E-state index in [1.807, 2.05) is 30.3 Å². The average molecular weight is 364 g/mol. The monoisotopic (exact) mass is 364 g/mol. The van der Waals surface area contributed by atoms with Crippen molar-refractivity contribution in [3.8, 4) is 23.8 Å². The molecule has 0 aliphatic rings. The number of benzene rings is 2. The highest BCUT2D eigenvalue weighted by atomic mass is 16.5. The number of nitrogens with zero attached hydrogens (tertiary/aromatic N) is 1. The first-order valence-corrected chi connectivity index (χ1v) is 8.51. The number of nitrogens with one attached hydrogen (secondary N) is 1. The Hall–Kier alpha value is -3.46. The second-order valence-electron chi connectivity index (χ2n) is 5.91. The van der Waals surface area contributed by atoms with Crippen molar-refractivity contribution >= 4 is 17.0 Å². The number of terminal acetylenes is 1. The van der Waals surface area contributed by atoms with E-state index in [9.17, 15) is 4.79 Å². The fraction of sp³-hybridized carbons (Fsp3) is 0.238. The first kappa shape index (κ1) is 18.3. The fourth-order valence-electron chi connectivity index (χ4n) is 2.66. The molecule has 2 aromatic carbocycles. The molecule has 1 heterocycles. The van der Waals surface area contributed by atoms with E-state index in [0.29, 0.717) is 36.5 Å². The van der Waals surface area contributed by atoms with E-state index >= 15 is 0 Å². The molecular formula is C21H20N2O4. The lowest BCUT2D eigenvalue weighted by Gasteiger charge is -2.11. The topological polar surface area (TPSA) is 73.6 Å². The normalized spacial score (nSPS) is 10.4. The van der Waals surface area contributed by atoms with E-state index in [1.54, 1.807) is 13.2 Å². The van der Waals surface area contributed by atoms with Gasteiger partial charge in [0.05, 0.1) is 7.11 Å². The Morgan fingerprint density at radius 1 is 1.22 bits per heavy atom. The predicted molar refractivity (Wildman–Crippen MR) is 101 cm³/mol. The maximum Gasteiger partial charge on any atom is 0.220 e. The Labute approximate surface area is 157 Å². The van der Waals surface area contributed by atoms with E-state index in [0.717, 1.165) is 16.6 Å². The molecule has 3 aromatic rings. The smallest absolute Gasteiger partial charge is 0.220 e. The van der Waals surface area contributed by atoms with E-state index in [-0.39, 0.29) is 12.5 Å². The molecule has 0 fully saturated rings. The predicted octanol–water partition coefficient (Wildman–Crippen LogP) is 3.10. The molecule has 27 heavy (non-hydrogen) atoms. The second-order valence-corrected chi connectivity index (χ2v) is 5.91. The van der Waals surface area contributed by atoms with Crippen molar-refractivity contribution in [2.45, 2.75) is 19.4 Å². The first-order valence-electron chi connectivity index (χ1n) is 8.51. The van der Waals surface area contributed by atoms with Crippen LogP contribution in [0.4, 0.5) is 0 Å². The molecule has 0 unspecified atom stereocenters. The molecule has 6 nitrogen and oxygen atoms in total. The summed E-state index contributed by atoms with van der Waals surface area (Å²) in [6, 6.07) is 11.2. The van der Waals surface area contributed by atoms with Gasteiger partial charge in [0, 0.05) is 13.0 Å². The van der Waals surface area contributed by atoms with Gasteiger partial charge in [-0.15, -0.1) is 6.42 Å². The van der Waals surface area contributed by atoms with Gasteiger partial charge in [-0.05, 0) is 41.8 Å². The van der Waals surface area contributed by atoms with Crippen molar-refractivity contribution in [2.24, 2.45) is 0 Å². The molecule has 0 saturated carbocycles. The Morgan fingerprint density at radius 3 is 2.89 bits per heavy atom. The summed E-state index contributed by atoms with van der Waals surface area (Å²) >= 11 is 0. The van der Waals surface area contributed by atoms with Crippen molar-refractivity contribution in [2.75, 3.05) is 13.7 Å². The van der Waals surface area contributed by atoms with E-state index in [1.165, 1.54) is 6.39 Å². The van der Waals surface area contributed by atoms with Crippen molar-refractivity contribution in [3.63, 3.8) is 0 Å². The molecular weight excluding hydrogens is 344 g/mol. The number of ether oxygens (including phenoxy) is 2. The van der Waals surface area contributed by atoms with Gasteiger partial charge in [-0.3, -0.25) is 4.79 Å². The van der Waals surface area contributed by atoms with Crippen LogP contribution in [0.5, 0.6) is 11.5 Å². The summed E-state index contributed by atoms with van der Waals surface area (Å²) in [5.74, 6) is 3.58. The number of aryl methyl sites for hydroxylation is 1. The van der Waals surface area contributed by atoms with Gasteiger partial charge in [0.25, 0.3) is 0 Å². The molecule has 6 heteroatoms. The van der Waals surface area contributed by atoms with Gasteiger partial charge in [-0.2, -0.15) is 0 Å². The number of carbonyl (C=O) groups excluding carboxylic acids is 1. The number of amides is 1. The van der Waals surface area contributed by atoms with Gasteiger partial charge < -0.3 is 19.2 Å². The Bertz CT molecular complexity index is 972. The van der Waals surface area contributed by atoms with Crippen LogP contribution in [0.25, 0.3) is 11.1 Å². The molecule has 0 atom stereocenters. The standard InChI is InChI=1S/C21H20N2O4/c1-3-10-26-18-8-5-15(11-20(18)25-2)6-9-21(24)22-13-16-4-7-17-19(12-16)27-14-23-17/h1,4-5,7-8,11-12,14H,6,9-10,13H2,2H3,(H,22,24). The number of methoxy groups -OCH3 is 1. The molecule has 0 aliphatic carbocycles. The van der Waals surface area contributed by atoms with Crippen molar-refractivity contribution < 1.29 is 18.7 Å². The lowest BCUT2D eigenvalue weighted by molar-refractivity contribution is -0.121. The number of hydrogen-bond acceptors (Lipinski definition) is 5. The summed E-state index contributed by atoms with van der Waals surface area (Å²) in [6.45, 7) is 0.621. The Balaban J connectivity index is 1.51. The molecule has 0 bridgehead atoms. The van der Waals surface area contributed by atoms with E-state index in [2.05, 4.69) is 16.2 Å². The average Bonchev–Trinajstić information content (AvgIpc) is 3.17. The highest BCUT2D eigenvalue weighted by molar-refractivity contribution is 5.77. The lowest BCUT2D eigenvalue weighted by atomic mass is 10.1. The maximum atomic E-state index is 12.1. The van der Waals surface area contributed by atoms with Gasteiger partial charge in [-0.1, -0.05) is 18.1 Å². The zero-order valence-corrected chi connectivity index (χ0v) is 15.0. The van der Waals surface area contributed by atoms with Crippen molar-refractivity contribution in [3.05, 3.63) is 53.9 Å². The highest BCUT2D eigenvalue weighted by Gasteiger charge is 2.08. The third-order valence-corrected chi connectivity index (χ3v) is 4.07. The lowest BCUT2D eigenvalue weighted by Crippen LogP contribution is -2.22. The molecule has 1 amide bonds. The summed E-state index contributed by atoms with van der Waals surface area (Å²) in [6.07, 6.45) is 7.58. The molecule has 0 saturated heterocycles. The summed E-state index contributed by atoms with van der Waals surface area (Å²) in [5, 5.41) is 2.91. The van der Waals surface area contributed by atoms with Crippen LogP contribution in [0, 0.1) is 12.3 Å². The number of rotatable bonds is 8. The molecule has 1 aromatic heterocycles. The van der Waals surface area contributed by atoms with Crippen LogP contribution >= 0.6 is 0 Å². The fourth-order valence-corrected chi connectivity index (χ4v) is 2.66. The van der Waals surface area contributed by atoms with E-state index < -0.39 is 0 Å². The Morgan fingerprint density at radius 2 is 2.07 bits per heavy atom. The van der Waals surface area contributed by atoms with Crippen molar-refractivity contribution in [1.82, 2.24) is 10.3 Å². The first-order chi connectivity index (χ1) is 13.2. The van der Waals surface area contributed by atoms with Crippen LogP contribution < -0.4 is 14.8 Å². The SMILES string of the molecule is C#CCOc1ccc(CCC(=O)NCc2ccc3ncoc3c2)cc1OC. The third kappa shape index (κ3) is 4.79. The largest absolute Gasteiger partial charge is 0.493 e. The summed E-state index contributed by atoms with van der Waals surface area (Å²) in [5.41, 5.74) is 3.46. The number of aromatic nitrogens is 1. The van der Waals surface area contributed by atoms with Crippen LogP contribution in [-0.2, 0) is 17.8 Å². The van der Waals surface area contributed by atoms with Crippen LogP contribution in [0.1, 0.15) is 17.5 Å². The summed E-state index contributed by atoms with van der Waals surface area (Å²) in [7, 11) is 1.57. The Kier molecular flexibility index (Phi) is 5.95. The summed E-state index contributed by atoms with van der Waals surface area (Å²) < 4.78 is 16.0.